The standard InChI is InChI=1S/C27H31NO2/c1-18-14-27(15-18)16-20(17-27)25-23-13-22(29)7-8-24(23)28(21-5-3-2-4-6-21)26(25)19-9-11-30-12-10-19/h2-8,13,18-20,29H,9-12,14-17H2,1H3. The number of hydrogen-bond donors (Lipinski definition) is 1. The summed E-state index contributed by atoms with van der Waals surface area (Å²) in [4.78, 5) is 0. The van der Waals surface area contributed by atoms with Crippen LogP contribution < -0.4 is 0 Å². The maximum atomic E-state index is 10.4. The number of nitrogens with zero attached hydrogens (tertiary/aromatic N) is 1. The Bertz CT molecular complexity index is 1060. The number of aromatic nitrogens is 1. The van der Waals surface area contributed by atoms with E-state index in [1.54, 1.807) is 0 Å². The molecule has 1 aliphatic heterocycles. The molecular weight excluding hydrogens is 370 g/mol. The second kappa shape index (κ2) is 6.88. The van der Waals surface area contributed by atoms with Gasteiger partial charge in [0.2, 0.25) is 0 Å². The summed E-state index contributed by atoms with van der Waals surface area (Å²) in [6, 6.07) is 16.7. The lowest BCUT2D eigenvalue weighted by Crippen LogP contribution is -2.45. The molecule has 3 aliphatic rings. The summed E-state index contributed by atoms with van der Waals surface area (Å²) in [7, 11) is 0. The van der Waals surface area contributed by atoms with Crippen molar-refractivity contribution in [1.82, 2.24) is 4.57 Å². The fourth-order valence-electron chi connectivity index (χ4n) is 6.92. The van der Waals surface area contributed by atoms with Crippen LogP contribution in [-0.4, -0.2) is 22.9 Å². The van der Waals surface area contributed by atoms with Gasteiger partial charge in [0.05, 0.1) is 5.52 Å². The second-order valence-corrected chi connectivity index (χ2v) is 10.2. The summed E-state index contributed by atoms with van der Waals surface area (Å²) in [5.74, 6) is 2.40. The summed E-state index contributed by atoms with van der Waals surface area (Å²) < 4.78 is 8.22. The van der Waals surface area contributed by atoms with Gasteiger partial charge in [-0.25, -0.2) is 0 Å². The average Bonchev–Trinajstić information content (AvgIpc) is 3.05. The molecular formula is C27H31NO2. The molecule has 2 saturated carbocycles. The molecule has 1 aromatic heterocycles. The third kappa shape index (κ3) is 2.82. The van der Waals surface area contributed by atoms with Crippen molar-refractivity contribution in [3.05, 3.63) is 59.8 Å². The van der Waals surface area contributed by atoms with Crippen LogP contribution in [0.2, 0.25) is 0 Å². The van der Waals surface area contributed by atoms with Gasteiger partial charge in [-0.15, -0.1) is 0 Å². The Balaban J connectivity index is 1.55. The van der Waals surface area contributed by atoms with E-state index in [1.165, 1.54) is 53.5 Å². The topological polar surface area (TPSA) is 34.4 Å². The van der Waals surface area contributed by atoms with Crippen molar-refractivity contribution in [2.45, 2.75) is 57.3 Å². The molecule has 0 radical (unpaired) electrons. The molecule has 3 heteroatoms. The van der Waals surface area contributed by atoms with E-state index in [4.69, 9.17) is 4.74 Å². The number of ether oxygens (including phenoxy) is 1. The molecule has 30 heavy (non-hydrogen) atoms. The van der Waals surface area contributed by atoms with Gasteiger partial charge in [0.15, 0.2) is 0 Å². The zero-order valence-corrected chi connectivity index (χ0v) is 17.8. The first-order valence-corrected chi connectivity index (χ1v) is 11.6. The molecule has 2 aromatic carbocycles. The normalized spacial score (nSPS) is 29.1. The Morgan fingerprint density at radius 1 is 0.933 bits per heavy atom. The van der Waals surface area contributed by atoms with Crippen LogP contribution in [0.4, 0.5) is 0 Å². The molecule has 156 valence electrons. The number of rotatable bonds is 3. The van der Waals surface area contributed by atoms with Crippen LogP contribution in [0, 0.1) is 11.3 Å². The number of fused-ring (bicyclic) bond motifs is 1. The lowest BCUT2D eigenvalue weighted by Gasteiger charge is -2.57. The van der Waals surface area contributed by atoms with Crippen LogP contribution in [0.3, 0.4) is 0 Å². The first-order chi connectivity index (χ1) is 14.6. The van der Waals surface area contributed by atoms with Gasteiger partial charge < -0.3 is 14.4 Å². The predicted molar refractivity (Wildman–Crippen MR) is 121 cm³/mol. The van der Waals surface area contributed by atoms with Gasteiger partial charge in [0, 0.05) is 35.9 Å². The largest absolute Gasteiger partial charge is 0.508 e. The highest BCUT2D eigenvalue weighted by atomic mass is 16.5. The Morgan fingerprint density at radius 2 is 1.67 bits per heavy atom. The molecule has 0 atom stereocenters. The van der Waals surface area contributed by atoms with E-state index in [0.29, 0.717) is 23.0 Å². The molecule has 1 N–H and O–H groups in total. The maximum absolute atomic E-state index is 10.4. The van der Waals surface area contributed by atoms with Gasteiger partial charge in [-0.3, -0.25) is 0 Å². The van der Waals surface area contributed by atoms with E-state index < -0.39 is 0 Å². The van der Waals surface area contributed by atoms with E-state index >= 15 is 0 Å². The number of phenolic OH excluding ortho intramolecular Hbond substituents is 1. The minimum atomic E-state index is 0.374. The van der Waals surface area contributed by atoms with Crippen molar-refractivity contribution in [3.63, 3.8) is 0 Å². The summed E-state index contributed by atoms with van der Waals surface area (Å²) in [5, 5.41) is 11.6. The summed E-state index contributed by atoms with van der Waals surface area (Å²) >= 11 is 0. The van der Waals surface area contributed by atoms with Crippen LogP contribution in [-0.2, 0) is 4.74 Å². The van der Waals surface area contributed by atoms with Crippen molar-refractivity contribution in [2.24, 2.45) is 11.3 Å². The highest BCUT2D eigenvalue weighted by molar-refractivity contribution is 5.89. The molecule has 2 heterocycles. The minimum Gasteiger partial charge on any atom is -0.508 e. The molecule has 3 fully saturated rings. The third-order valence-electron chi connectivity index (χ3n) is 7.98. The first kappa shape index (κ1) is 18.5. The molecule has 0 unspecified atom stereocenters. The average molecular weight is 402 g/mol. The third-order valence-corrected chi connectivity index (χ3v) is 7.98. The fourth-order valence-corrected chi connectivity index (χ4v) is 6.92. The van der Waals surface area contributed by atoms with Crippen LogP contribution >= 0.6 is 0 Å². The van der Waals surface area contributed by atoms with E-state index in [0.717, 1.165) is 32.0 Å². The van der Waals surface area contributed by atoms with E-state index in [9.17, 15) is 5.11 Å². The monoisotopic (exact) mass is 401 g/mol. The molecule has 2 aliphatic carbocycles. The first-order valence-electron chi connectivity index (χ1n) is 11.6. The zero-order chi connectivity index (χ0) is 20.3. The summed E-state index contributed by atoms with van der Waals surface area (Å²) in [6.45, 7) is 4.08. The Kier molecular flexibility index (Phi) is 4.24. The highest BCUT2D eigenvalue weighted by Gasteiger charge is 2.52. The van der Waals surface area contributed by atoms with Gasteiger partial charge in [-0.1, -0.05) is 25.1 Å². The number of aromatic hydroxyl groups is 1. The second-order valence-electron chi connectivity index (χ2n) is 10.2. The van der Waals surface area contributed by atoms with E-state index in [1.807, 2.05) is 12.1 Å². The van der Waals surface area contributed by atoms with Gasteiger partial charge in [0.25, 0.3) is 0 Å². The van der Waals surface area contributed by atoms with Gasteiger partial charge >= 0.3 is 0 Å². The van der Waals surface area contributed by atoms with Crippen molar-refractivity contribution in [2.75, 3.05) is 13.2 Å². The lowest BCUT2D eigenvalue weighted by molar-refractivity contribution is -0.0342. The smallest absolute Gasteiger partial charge is 0.116 e. The predicted octanol–water partition coefficient (Wildman–Crippen LogP) is 6.52. The molecule has 1 spiro atoms. The molecule has 0 bridgehead atoms. The summed E-state index contributed by atoms with van der Waals surface area (Å²) in [6.07, 6.45) is 7.60. The Labute approximate surface area is 178 Å². The number of para-hydroxylation sites is 1. The number of benzene rings is 2. The quantitative estimate of drug-likeness (QED) is 0.542. The highest BCUT2D eigenvalue weighted by Crippen LogP contribution is 2.65. The number of phenols is 1. The zero-order valence-electron chi connectivity index (χ0n) is 17.8. The summed E-state index contributed by atoms with van der Waals surface area (Å²) in [5.41, 5.74) is 6.07. The molecule has 3 aromatic rings. The van der Waals surface area contributed by atoms with Crippen LogP contribution in [0.15, 0.2) is 48.5 Å². The SMILES string of the molecule is CC1CC2(C1)CC(c1c(C3CCOCC3)n(-c3ccccc3)c3ccc(O)cc13)C2. The molecule has 1 saturated heterocycles. The van der Waals surface area contributed by atoms with E-state index in [2.05, 4.69) is 47.9 Å². The van der Waals surface area contributed by atoms with Crippen LogP contribution in [0.1, 0.15) is 68.5 Å². The van der Waals surface area contributed by atoms with Gasteiger partial charge in [-0.2, -0.15) is 0 Å². The lowest BCUT2D eigenvalue weighted by atomic mass is 9.47. The molecule has 3 nitrogen and oxygen atoms in total. The maximum Gasteiger partial charge on any atom is 0.116 e. The van der Waals surface area contributed by atoms with Crippen molar-refractivity contribution >= 4 is 10.9 Å². The van der Waals surface area contributed by atoms with Crippen molar-refractivity contribution in [3.8, 4) is 11.4 Å². The fraction of sp³-hybridized carbons (Fsp3) is 0.481. The number of hydrogen-bond acceptors (Lipinski definition) is 2. The molecule has 6 rings (SSSR count). The van der Waals surface area contributed by atoms with Crippen LogP contribution in [0.25, 0.3) is 16.6 Å². The van der Waals surface area contributed by atoms with Crippen molar-refractivity contribution < 1.29 is 9.84 Å². The minimum absolute atomic E-state index is 0.374. The van der Waals surface area contributed by atoms with E-state index in [-0.39, 0.29) is 0 Å². The van der Waals surface area contributed by atoms with Gasteiger partial charge in [0.1, 0.15) is 5.75 Å². The van der Waals surface area contributed by atoms with Crippen molar-refractivity contribution in [1.29, 1.82) is 0 Å². The molecule has 0 amide bonds. The van der Waals surface area contributed by atoms with Gasteiger partial charge in [-0.05, 0) is 91.7 Å². The van der Waals surface area contributed by atoms with Crippen LogP contribution in [0.5, 0.6) is 5.75 Å². The Morgan fingerprint density at radius 3 is 2.37 bits per heavy atom. The Hall–Kier alpha value is -2.26.